The SMILES string of the molecule is CCC(N)Cc1cc(Cl)ccc1-n1cncn1. The lowest BCUT2D eigenvalue weighted by molar-refractivity contribution is 0.642. The first-order valence-electron chi connectivity index (χ1n) is 5.59. The molecule has 5 heteroatoms. The Morgan fingerprint density at radius 2 is 2.29 bits per heavy atom. The topological polar surface area (TPSA) is 56.7 Å². The maximum atomic E-state index is 6.02. The maximum absolute atomic E-state index is 6.02. The minimum atomic E-state index is 0.135. The molecule has 0 aliphatic heterocycles. The summed E-state index contributed by atoms with van der Waals surface area (Å²) in [7, 11) is 0. The van der Waals surface area contributed by atoms with Crippen molar-refractivity contribution in [1.29, 1.82) is 0 Å². The summed E-state index contributed by atoms with van der Waals surface area (Å²) in [6, 6.07) is 5.86. The number of aromatic nitrogens is 3. The van der Waals surface area contributed by atoms with Crippen LogP contribution in [0.4, 0.5) is 0 Å². The van der Waals surface area contributed by atoms with Crippen LogP contribution in [0.1, 0.15) is 18.9 Å². The monoisotopic (exact) mass is 250 g/mol. The molecule has 2 N–H and O–H groups in total. The van der Waals surface area contributed by atoms with E-state index in [0.717, 1.165) is 24.1 Å². The van der Waals surface area contributed by atoms with Crippen molar-refractivity contribution in [2.24, 2.45) is 5.73 Å². The molecule has 1 aromatic carbocycles. The van der Waals surface area contributed by atoms with Crippen LogP contribution in [0.3, 0.4) is 0 Å². The molecular formula is C12H15ClN4. The molecule has 4 nitrogen and oxygen atoms in total. The smallest absolute Gasteiger partial charge is 0.138 e. The van der Waals surface area contributed by atoms with Crippen LogP contribution in [0.5, 0.6) is 0 Å². The molecule has 0 aliphatic rings. The molecule has 2 aromatic rings. The highest BCUT2D eigenvalue weighted by Gasteiger charge is 2.09. The second-order valence-corrected chi connectivity index (χ2v) is 4.42. The van der Waals surface area contributed by atoms with Gasteiger partial charge in [0.15, 0.2) is 0 Å². The molecule has 1 atom stereocenters. The minimum Gasteiger partial charge on any atom is -0.327 e. The van der Waals surface area contributed by atoms with Gasteiger partial charge < -0.3 is 5.73 Å². The third kappa shape index (κ3) is 2.84. The van der Waals surface area contributed by atoms with Crippen LogP contribution in [0.25, 0.3) is 5.69 Å². The number of hydrogen-bond donors (Lipinski definition) is 1. The first kappa shape index (κ1) is 12.1. The number of rotatable bonds is 4. The van der Waals surface area contributed by atoms with Crippen LogP contribution in [-0.4, -0.2) is 20.8 Å². The van der Waals surface area contributed by atoms with Crippen molar-refractivity contribution >= 4 is 11.6 Å². The quantitative estimate of drug-likeness (QED) is 0.905. The van der Waals surface area contributed by atoms with Gasteiger partial charge in [-0.2, -0.15) is 5.10 Å². The normalized spacial score (nSPS) is 12.6. The lowest BCUT2D eigenvalue weighted by Gasteiger charge is -2.13. The Morgan fingerprint density at radius 1 is 1.47 bits per heavy atom. The van der Waals surface area contributed by atoms with Gasteiger partial charge in [-0.25, -0.2) is 9.67 Å². The highest BCUT2D eigenvalue weighted by molar-refractivity contribution is 6.30. The van der Waals surface area contributed by atoms with Gasteiger partial charge in [0.2, 0.25) is 0 Å². The van der Waals surface area contributed by atoms with E-state index in [0.29, 0.717) is 5.02 Å². The van der Waals surface area contributed by atoms with Gasteiger partial charge in [-0.05, 0) is 36.6 Å². The van der Waals surface area contributed by atoms with E-state index in [1.54, 1.807) is 11.0 Å². The van der Waals surface area contributed by atoms with Crippen molar-refractivity contribution in [3.8, 4) is 5.69 Å². The molecular weight excluding hydrogens is 236 g/mol. The highest BCUT2D eigenvalue weighted by Crippen LogP contribution is 2.20. The molecule has 17 heavy (non-hydrogen) atoms. The zero-order valence-corrected chi connectivity index (χ0v) is 10.4. The molecule has 0 spiro atoms. The van der Waals surface area contributed by atoms with E-state index in [1.807, 2.05) is 18.2 Å². The van der Waals surface area contributed by atoms with Crippen LogP contribution in [0.15, 0.2) is 30.9 Å². The van der Waals surface area contributed by atoms with E-state index < -0.39 is 0 Å². The molecule has 0 radical (unpaired) electrons. The van der Waals surface area contributed by atoms with E-state index in [9.17, 15) is 0 Å². The van der Waals surface area contributed by atoms with Crippen molar-refractivity contribution < 1.29 is 0 Å². The summed E-state index contributed by atoms with van der Waals surface area (Å²) >= 11 is 6.02. The fourth-order valence-electron chi connectivity index (χ4n) is 1.70. The Bertz CT molecular complexity index is 481. The predicted octanol–water partition coefficient (Wildman–Crippen LogP) is 2.20. The van der Waals surface area contributed by atoms with Crippen LogP contribution >= 0.6 is 11.6 Å². The zero-order valence-electron chi connectivity index (χ0n) is 9.68. The van der Waals surface area contributed by atoms with E-state index in [1.165, 1.54) is 6.33 Å². The Kier molecular flexibility index (Phi) is 3.76. The van der Waals surface area contributed by atoms with Gasteiger partial charge in [-0.1, -0.05) is 18.5 Å². The zero-order chi connectivity index (χ0) is 12.3. The molecule has 1 heterocycles. The molecule has 0 fully saturated rings. The van der Waals surface area contributed by atoms with Crippen molar-refractivity contribution in [2.45, 2.75) is 25.8 Å². The summed E-state index contributed by atoms with van der Waals surface area (Å²) in [5.74, 6) is 0. The number of hydrogen-bond acceptors (Lipinski definition) is 3. The second-order valence-electron chi connectivity index (χ2n) is 3.99. The number of nitrogens with two attached hydrogens (primary N) is 1. The van der Waals surface area contributed by atoms with Crippen LogP contribution in [0, 0.1) is 0 Å². The van der Waals surface area contributed by atoms with E-state index in [4.69, 9.17) is 17.3 Å². The first-order valence-corrected chi connectivity index (χ1v) is 5.97. The van der Waals surface area contributed by atoms with Crippen molar-refractivity contribution in [1.82, 2.24) is 14.8 Å². The molecule has 1 aromatic heterocycles. The van der Waals surface area contributed by atoms with Crippen molar-refractivity contribution in [3.05, 3.63) is 41.4 Å². The average molecular weight is 251 g/mol. The first-order chi connectivity index (χ1) is 8.20. The van der Waals surface area contributed by atoms with Crippen molar-refractivity contribution in [3.63, 3.8) is 0 Å². The summed E-state index contributed by atoms with van der Waals surface area (Å²) in [4.78, 5) is 3.95. The van der Waals surface area contributed by atoms with Gasteiger partial charge in [0.05, 0.1) is 5.69 Å². The highest BCUT2D eigenvalue weighted by atomic mass is 35.5. The Labute approximate surface area is 105 Å². The lowest BCUT2D eigenvalue weighted by Crippen LogP contribution is -2.22. The lowest BCUT2D eigenvalue weighted by atomic mass is 10.0. The molecule has 2 rings (SSSR count). The van der Waals surface area contributed by atoms with Crippen LogP contribution < -0.4 is 5.73 Å². The Hall–Kier alpha value is -1.39. The van der Waals surface area contributed by atoms with E-state index in [2.05, 4.69) is 17.0 Å². The molecule has 90 valence electrons. The van der Waals surface area contributed by atoms with Gasteiger partial charge in [0.25, 0.3) is 0 Å². The third-order valence-corrected chi connectivity index (χ3v) is 2.95. The fourth-order valence-corrected chi connectivity index (χ4v) is 1.90. The average Bonchev–Trinajstić information content (AvgIpc) is 2.82. The molecule has 1 unspecified atom stereocenters. The van der Waals surface area contributed by atoms with Crippen LogP contribution in [-0.2, 0) is 6.42 Å². The number of halogens is 1. The minimum absolute atomic E-state index is 0.135. The Balaban J connectivity index is 2.38. The second kappa shape index (κ2) is 5.29. The van der Waals surface area contributed by atoms with Crippen LogP contribution in [0.2, 0.25) is 5.02 Å². The summed E-state index contributed by atoms with van der Waals surface area (Å²) in [6.07, 6.45) is 4.90. The molecule has 0 amide bonds. The molecule has 0 aliphatic carbocycles. The standard InChI is InChI=1S/C12H15ClN4/c1-2-11(14)6-9-5-10(13)3-4-12(9)17-8-15-7-16-17/h3-5,7-8,11H,2,6,14H2,1H3. The van der Waals surface area contributed by atoms with E-state index >= 15 is 0 Å². The maximum Gasteiger partial charge on any atom is 0.138 e. The summed E-state index contributed by atoms with van der Waals surface area (Å²) in [6.45, 7) is 2.07. The summed E-state index contributed by atoms with van der Waals surface area (Å²) in [5, 5.41) is 4.85. The summed E-state index contributed by atoms with van der Waals surface area (Å²) < 4.78 is 1.73. The Morgan fingerprint density at radius 3 is 2.94 bits per heavy atom. The van der Waals surface area contributed by atoms with Gasteiger partial charge >= 0.3 is 0 Å². The van der Waals surface area contributed by atoms with E-state index in [-0.39, 0.29) is 6.04 Å². The third-order valence-electron chi connectivity index (χ3n) is 2.71. The fraction of sp³-hybridized carbons (Fsp3) is 0.333. The van der Waals surface area contributed by atoms with Gasteiger partial charge in [0.1, 0.15) is 12.7 Å². The van der Waals surface area contributed by atoms with Gasteiger partial charge in [0, 0.05) is 11.1 Å². The largest absolute Gasteiger partial charge is 0.327 e. The summed E-state index contributed by atoms with van der Waals surface area (Å²) in [5.41, 5.74) is 8.07. The van der Waals surface area contributed by atoms with Gasteiger partial charge in [-0.15, -0.1) is 0 Å². The predicted molar refractivity (Wildman–Crippen MR) is 68.3 cm³/mol. The van der Waals surface area contributed by atoms with Gasteiger partial charge in [-0.3, -0.25) is 0 Å². The van der Waals surface area contributed by atoms with Crippen molar-refractivity contribution in [2.75, 3.05) is 0 Å². The molecule has 0 saturated carbocycles. The molecule has 0 saturated heterocycles. The molecule has 0 bridgehead atoms. The number of nitrogens with zero attached hydrogens (tertiary/aromatic N) is 3. The number of benzene rings is 1.